The number of rotatable bonds is 12. The highest BCUT2D eigenvalue weighted by atomic mass is 127. The summed E-state index contributed by atoms with van der Waals surface area (Å²) in [5.41, 5.74) is 0.761. The van der Waals surface area contributed by atoms with Gasteiger partial charge in [-0.1, -0.05) is 54.7 Å². The van der Waals surface area contributed by atoms with Gasteiger partial charge in [-0.05, 0) is 50.1 Å². The first kappa shape index (κ1) is 21.9. The van der Waals surface area contributed by atoms with Crippen LogP contribution < -0.4 is 4.74 Å². The van der Waals surface area contributed by atoms with Crippen LogP contribution in [0.1, 0.15) is 37.0 Å². The SMILES string of the molecule is C=CCN(C)CC=CCOc1ccc(C(=O)C(I)CCC(C)C)cc1. The molecule has 1 unspecified atom stereocenters. The zero-order valence-electron chi connectivity index (χ0n) is 15.6. The first-order valence-corrected chi connectivity index (χ1v) is 10.0. The number of Topliss-reactive ketones (excluding diaryl/α,β-unsaturated/α-hetero) is 1. The van der Waals surface area contributed by atoms with Gasteiger partial charge in [0.1, 0.15) is 12.4 Å². The number of alkyl halides is 1. The van der Waals surface area contributed by atoms with Gasteiger partial charge < -0.3 is 4.74 Å². The second-order valence-electron chi connectivity index (χ2n) is 6.62. The molecule has 0 saturated heterocycles. The molecule has 0 heterocycles. The Morgan fingerprint density at radius 1 is 1.20 bits per heavy atom. The molecule has 0 fully saturated rings. The lowest BCUT2D eigenvalue weighted by molar-refractivity contribution is 0.0990. The number of hydrogen-bond acceptors (Lipinski definition) is 3. The number of hydrogen-bond donors (Lipinski definition) is 0. The number of benzene rings is 1. The Bertz CT molecular complexity index is 552. The van der Waals surface area contributed by atoms with Crippen molar-refractivity contribution in [1.82, 2.24) is 4.90 Å². The van der Waals surface area contributed by atoms with Crippen LogP contribution in [0.25, 0.3) is 0 Å². The topological polar surface area (TPSA) is 29.5 Å². The van der Waals surface area contributed by atoms with Gasteiger partial charge in [-0.3, -0.25) is 9.69 Å². The van der Waals surface area contributed by atoms with Crippen molar-refractivity contribution >= 4 is 28.4 Å². The van der Waals surface area contributed by atoms with E-state index in [0.29, 0.717) is 12.5 Å². The molecule has 4 heteroatoms. The Hall–Kier alpha value is -1.14. The second kappa shape index (κ2) is 12.3. The summed E-state index contributed by atoms with van der Waals surface area (Å²) in [5, 5.41) is 0. The minimum atomic E-state index is 0.0438. The molecule has 1 aromatic rings. The lowest BCUT2D eigenvalue weighted by Gasteiger charge is -2.11. The molecule has 1 atom stereocenters. The maximum atomic E-state index is 12.4. The third-order valence-electron chi connectivity index (χ3n) is 3.79. The van der Waals surface area contributed by atoms with Gasteiger partial charge in [0.15, 0.2) is 5.78 Å². The Morgan fingerprint density at radius 3 is 2.48 bits per heavy atom. The summed E-state index contributed by atoms with van der Waals surface area (Å²) in [7, 11) is 2.05. The molecule has 1 rings (SSSR count). The molecule has 0 aromatic heterocycles. The van der Waals surface area contributed by atoms with Crippen LogP contribution in [-0.2, 0) is 0 Å². The molecule has 138 valence electrons. The van der Waals surface area contributed by atoms with Crippen molar-refractivity contribution in [3.63, 3.8) is 0 Å². The quantitative estimate of drug-likeness (QED) is 0.189. The molecule has 0 spiro atoms. The Kier molecular flexibility index (Phi) is 10.7. The number of carbonyl (C=O) groups excluding carboxylic acids is 1. The monoisotopic (exact) mass is 455 g/mol. The molecular formula is C21H30INO2. The summed E-state index contributed by atoms with van der Waals surface area (Å²) in [6, 6.07) is 7.47. The first-order chi connectivity index (χ1) is 11.9. The number of halogens is 1. The lowest BCUT2D eigenvalue weighted by Crippen LogP contribution is -2.17. The van der Waals surface area contributed by atoms with Crippen LogP contribution >= 0.6 is 22.6 Å². The van der Waals surface area contributed by atoms with Crippen LogP contribution in [0.15, 0.2) is 49.1 Å². The highest BCUT2D eigenvalue weighted by Gasteiger charge is 2.17. The predicted molar refractivity (Wildman–Crippen MR) is 115 cm³/mol. The summed E-state index contributed by atoms with van der Waals surface area (Å²) in [6.07, 6.45) is 7.98. The molecule has 0 amide bonds. The molecular weight excluding hydrogens is 425 g/mol. The Balaban J connectivity index is 2.41. The number of carbonyl (C=O) groups is 1. The van der Waals surface area contributed by atoms with Crippen LogP contribution in [0.4, 0.5) is 0 Å². The number of ether oxygens (including phenoxy) is 1. The molecule has 0 N–H and O–H groups in total. The molecule has 0 aliphatic carbocycles. The Morgan fingerprint density at radius 2 is 1.88 bits per heavy atom. The number of ketones is 1. The van der Waals surface area contributed by atoms with Crippen molar-refractivity contribution in [3.05, 3.63) is 54.6 Å². The summed E-state index contributed by atoms with van der Waals surface area (Å²) in [5.74, 6) is 1.62. The van der Waals surface area contributed by atoms with Crippen LogP contribution in [0, 0.1) is 5.92 Å². The van der Waals surface area contributed by atoms with E-state index in [1.165, 1.54) is 0 Å². The highest BCUT2D eigenvalue weighted by molar-refractivity contribution is 14.1. The van der Waals surface area contributed by atoms with Crippen molar-refractivity contribution in [2.24, 2.45) is 5.92 Å². The van der Waals surface area contributed by atoms with Gasteiger partial charge in [-0.15, -0.1) is 6.58 Å². The zero-order chi connectivity index (χ0) is 18.7. The van der Waals surface area contributed by atoms with E-state index in [1.54, 1.807) is 0 Å². The fourth-order valence-corrected chi connectivity index (χ4v) is 2.99. The van der Waals surface area contributed by atoms with E-state index >= 15 is 0 Å². The van der Waals surface area contributed by atoms with Gasteiger partial charge in [0.2, 0.25) is 0 Å². The third-order valence-corrected chi connectivity index (χ3v) is 4.98. The molecule has 0 saturated carbocycles. The smallest absolute Gasteiger partial charge is 0.175 e. The average molecular weight is 455 g/mol. The standard InChI is InChI=1S/C21H30INO2/c1-5-14-23(4)15-6-7-16-25-19-11-9-18(10-12-19)21(24)20(22)13-8-17(2)3/h5-7,9-12,17,20H,1,8,13-16H2,2-4H3. The van der Waals surface area contributed by atoms with Crippen LogP contribution in [-0.4, -0.2) is 41.4 Å². The number of likely N-dealkylation sites (N-methyl/N-ethyl adjacent to an activating group) is 1. The minimum Gasteiger partial charge on any atom is -0.490 e. The molecule has 0 aliphatic heterocycles. The number of nitrogens with zero attached hydrogens (tertiary/aromatic N) is 1. The molecule has 0 aliphatic rings. The van der Waals surface area contributed by atoms with Gasteiger partial charge in [0.25, 0.3) is 0 Å². The maximum absolute atomic E-state index is 12.4. The van der Waals surface area contributed by atoms with Crippen molar-refractivity contribution in [2.45, 2.75) is 30.6 Å². The average Bonchev–Trinajstić information content (AvgIpc) is 2.59. The minimum absolute atomic E-state index is 0.0438. The van der Waals surface area contributed by atoms with E-state index in [0.717, 1.165) is 37.2 Å². The van der Waals surface area contributed by atoms with Gasteiger partial charge in [-0.2, -0.15) is 0 Å². The van der Waals surface area contributed by atoms with Gasteiger partial charge in [0, 0.05) is 18.7 Å². The molecule has 25 heavy (non-hydrogen) atoms. The molecule has 3 nitrogen and oxygen atoms in total. The maximum Gasteiger partial charge on any atom is 0.175 e. The highest BCUT2D eigenvalue weighted by Crippen LogP contribution is 2.20. The normalized spacial score (nSPS) is 12.7. The van der Waals surface area contributed by atoms with Crippen LogP contribution in [0.2, 0.25) is 0 Å². The van der Waals surface area contributed by atoms with E-state index in [1.807, 2.05) is 43.5 Å². The predicted octanol–water partition coefficient (Wildman–Crippen LogP) is 5.16. The van der Waals surface area contributed by atoms with E-state index in [2.05, 4.69) is 54.0 Å². The summed E-state index contributed by atoms with van der Waals surface area (Å²) in [4.78, 5) is 14.6. The van der Waals surface area contributed by atoms with Crippen molar-refractivity contribution in [3.8, 4) is 5.75 Å². The van der Waals surface area contributed by atoms with Crippen LogP contribution in [0.3, 0.4) is 0 Å². The molecule has 0 radical (unpaired) electrons. The summed E-state index contributed by atoms with van der Waals surface area (Å²) >= 11 is 2.26. The van der Waals surface area contributed by atoms with E-state index in [9.17, 15) is 4.79 Å². The van der Waals surface area contributed by atoms with Crippen LogP contribution in [0.5, 0.6) is 5.75 Å². The van der Waals surface area contributed by atoms with E-state index < -0.39 is 0 Å². The van der Waals surface area contributed by atoms with Crippen molar-refractivity contribution < 1.29 is 9.53 Å². The largest absolute Gasteiger partial charge is 0.490 e. The summed E-state index contributed by atoms with van der Waals surface area (Å²) < 4.78 is 5.73. The van der Waals surface area contributed by atoms with Crippen molar-refractivity contribution in [1.29, 1.82) is 0 Å². The molecule has 1 aromatic carbocycles. The van der Waals surface area contributed by atoms with Gasteiger partial charge in [-0.25, -0.2) is 0 Å². The van der Waals surface area contributed by atoms with Gasteiger partial charge >= 0.3 is 0 Å². The zero-order valence-corrected chi connectivity index (χ0v) is 17.7. The van der Waals surface area contributed by atoms with E-state index in [4.69, 9.17) is 4.74 Å². The fourth-order valence-electron chi connectivity index (χ4n) is 2.27. The first-order valence-electron chi connectivity index (χ1n) is 8.79. The van der Waals surface area contributed by atoms with Crippen molar-refractivity contribution in [2.75, 3.05) is 26.7 Å². The summed E-state index contributed by atoms with van der Waals surface area (Å²) in [6.45, 7) is 10.4. The lowest BCUT2D eigenvalue weighted by atomic mass is 10.0. The van der Waals surface area contributed by atoms with Gasteiger partial charge in [0.05, 0.1) is 3.92 Å². The second-order valence-corrected chi connectivity index (χ2v) is 8.12. The van der Waals surface area contributed by atoms with E-state index in [-0.39, 0.29) is 9.71 Å². The molecule has 0 bridgehead atoms. The Labute approximate surface area is 166 Å². The third kappa shape index (κ3) is 9.21. The fraction of sp³-hybridized carbons (Fsp3) is 0.476.